The number of carbonyl (C=O) groups is 2. The van der Waals surface area contributed by atoms with Crippen molar-refractivity contribution in [2.24, 2.45) is 0 Å². The highest BCUT2D eigenvalue weighted by Crippen LogP contribution is 2.10. The maximum atomic E-state index is 11.7. The van der Waals surface area contributed by atoms with Gasteiger partial charge in [0.1, 0.15) is 11.7 Å². The Balaban J connectivity index is 2.66. The molecule has 6 nitrogen and oxygen atoms in total. The van der Waals surface area contributed by atoms with Gasteiger partial charge in [-0.05, 0) is 25.5 Å². The highest BCUT2D eigenvalue weighted by Gasteiger charge is 2.13. The Morgan fingerprint density at radius 1 is 1.47 bits per heavy atom. The van der Waals surface area contributed by atoms with Crippen LogP contribution in [0.3, 0.4) is 0 Å². The minimum atomic E-state index is -0.508. The largest absolute Gasteiger partial charge is 0.464 e. The Bertz CT molecular complexity index is 449. The summed E-state index contributed by atoms with van der Waals surface area (Å²) in [6.45, 7) is 4.39. The van der Waals surface area contributed by atoms with Gasteiger partial charge in [0.25, 0.3) is 0 Å². The van der Waals surface area contributed by atoms with E-state index in [2.05, 4.69) is 20.4 Å². The number of rotatable bonds is 6. The zero-order valence-corrected chi connectivity index (χ0v) is 11.4. The molecule has 104 valence electrons. The number of hydrogen-bond donors (Lipinski definition) is 2. The van der Waals surface area contributed by atoms with Crippen molar-refractivity contribution < 1.29 is 14.3 Å². The van der Waals surface area contributed by atoms with Crippen molar-refractivity contribution in [3.63, 3.8) is 0 Å². The fraction of sp³-hybridized carbons (Fsp3) is 0.462. The van der Waals surface area contributed by atoms with Gasteiger partial charge in [0, 0.05) is 18.4 Å². The molecular weight excluding hydrogens is 246 g/mol. The minimum Gasteiger partial charge on any atom is -0.464 e. The van der Waals surface area contributed by atoms with Crippen molar-refractivity contribution in [3.05, 3.63) is 24.0 Å². The van der Waals surface area contributed by atoms with Gasteiger partial charge in [0.15, 0.2) is 0 Å². The van der Waals surface area contributed by atoms with Gasteiger partial charge in [-0.3, -0.25) is 4.79 Å². The van der Waals surface area contributed by atoms with Crippen LogP contribution >= 0.6 is 0 Å². The molecule has 0 radical (unpaired) electrons. The first kappa shape index (κ1) is 14.9. The first-order valence-electron chi connectivity index (χ1n) is 6.17. The Labute approximate surface area is 112 Å². The molecule has 6 heteroatoms. The van der Waals surface area contributed by atoms with Gasteiger partial charge >= 0.3 is 5.97 Å². The summed E-state index contributed by atoms with van der Waals surface area (Å²) < 4.78 is 4.59. The Morgan fingerprint density at radius 2 is 2.21 bits per heavy atom. The highest BCUT2D eigenvalue weighted by atomic mass is 16.5. The van der Waals surface area contributed by atoms with Gasteiger partial charge in [-0.25, -0.2) is 9.78 Å². The maximum absolute atomic E-state index is 11.7. The van der Waals surface area contributed by atoms with Crippen molar-refractivity contribution in [3.8, 4) is 0 Å². The Morgan fingerprint density at radius 3 is 2.84 bits per heavy atom. The molecule has 2 N–H and O–H groups in total. The van der Waals surface area contributed by atoms with Crippen LogP contribution in [-0.4, -0.2) is 36.6 Å². The first-order valence-corrected chi connectivity index (χ1v) is 6.17. The third-order valence-corrected chi connectivity index (χ3v) is 2.48. The molecular formula is C13H19N3O3. The molecule has 1 rings (SSSR count). The molecule has 0 saturated heterocycles. The molecule has 0 spiro atoms. The minimum absolute atomic E-state index is 0.0849. The molecule has 0 fully saturated rings. The van der Waals surface area contributed by atoms with Gasteiger partial charge < -0.3 is 15.4 Å². The lowest BCUT2D eigenvalue weighted by Gasteiger charge is -2.15. The summed E-state index contributed by atoms with van der Waals surface area (Å²) in [7, 11) is 1.30. The standard InChI is InChI=1S/C13H19N3O3/c1-4-6-15-12(17)9(2)16-10-5-7-14-11(8-10)13(18)19-3/h5,7-9H,4,6H2,1-3H3,(H,14,16)(H,15,17). The van der Waals surface area contributed by atoms with Gasteiger partial charge in [-0.1, -0.05) is 6.92 Å². The first-order chi connectivity index (χ1) is 9.08. The van der Waals surface area contributed by atoms with E-state index in [1.165, 1.54) is 13.3 Å². The molecule has 0 aliphatic carbocycles. The smallest absolute Gasteiger partial charge is 0.356 e. The Kier molecular flexibility index (Phi) is 5.78. The van der Waals surface area contributed by atoms with Crippen molar-refractivity contribution >= 4 is 17.6 Å². The predicted octanol–water partition coefficient (Wildman–Crippen LogP) is 1.19. The summed E-state index contributed by atoms with van der Waals surface area (Å²) in [5.74, 6) is -0.593. The van der Waals surface area contributed by atoms with E-state index in [1.807, 2.05) is 6.92 Å². The highest BCUT2D eigenvalue weighted by molar-refractivity contribution is 5.89. The van der Waals surface area contributed by atoms with E-state index in [4.69, 9.17) is 0 Å². The summed E-state index contributed by atoms with van der Waals surface area (Å²) in [5, 5.41) is 5.80. The average Bonchev–Trinajstić information content (AvgIpc) is 2.44. The van der Waals surface area contributed by atoms with Crippen LogP contribution in [0, 0.1) is 0 Å². The molecule has 0 saturated carbocycles. The van der Waals surface area contributed by atoms with Crippen LogP contribution in [0.1, 0.15) is 30.8 Å². The van der Waals surface area contributed by atoms with Crippen LogP contribution in [0.15, 0.2) is 18.3 Å². The number of aromatic nitrogens is 1. The van der Waals surface area contributed by atoms with E-state index < -0.39 is 5.97 Å². The maximum Gasteiger partial charge on any atom is 0.356 e. The molecule has 0 aromatic carbocycles. The topological polar surface area (TPSA) is 80.3 Å². The van der Waals surface area contributed by atoms with E-state index in [1.54, 1.807) is 19.1 Å². The molecule has 1 aromatic rings. The SMILES string of the molecule is CCCNC(=O)C(C)Nc1ccnc(C(=O)OC)c1. The lowest BCUT2D eigenvalue weighted by molar-refractivity contribution is -0.121. The quantitative estimate of drug-likeness (QED) is 0.755. The number of anilines is 1. The van der Waals surface area contributed by atoms with Gasteiger partial charge in [-0.15, -0.1) is 0 Å². The van der Waals surface area contributed by atoms with Crippen LogP contribution in [0.25, 0.3) is 0 Å². The van der Waals surface area contributed by atoms with Gasteiger partial charge in [0.2, 0.25) is 5.91 Å². The Hall–Kier alpha value is -2.11. The van der Waals surface area contributed by atoms with Crippen LogP contribution in [0.2, 0.25) is 0 Å². The van der Waals surface area contributed by atoms with E-state index in [0.29, 0.717) is 12.2 Å². The zero-order chi connectivity index (χ0) is 14.3. The number of esters is 1. The summed E-state index contributed by atoms with van der Waals surface area (Å²) in [6.07, 6.45) is 2.38. The molecule has 0 bridgehead atoms. The van der Waals surface area contributed by atoms with Gasteiger partial charge in [-0.2, -0.15) is 0 Å². The number of ether oxygens (including phenoxy) is 1. The second kappa shape index (κ2) is 7.35. The summed E-state index contributed by atoms with van der Waals surface area (Å²) in [5.41, 5.74) is 0.850. The third kappa shape index (κ3) is 4.57. The third-order valence-electron chi connectivity index (χ3n) is 2.48. The lowest BCUT2D eigenvalue weighted by atomic mass is 10.2. The number of nitrogens with one attached hydrogen (secondary N) is 2. The fourth-order valence-corrected chi connectivity index (χ4v) is 1.45. The molecule has 1 amide bonds. The molecule has 1 unspecified atom stereocenters. The summed E-state index contributed by atoms with van der Waals surface area (Å²) in [4.78, 5) is 26.9. The van der Waals surface area contributed by atoms with Crippen LogP contribution in [0.4, 0.5) is 5.69 Å². The van der Waals surface area contributed by atoms with Gasteiger partial charge in [0.05, 0.1) is 7.11 Å². The molecule has 1 atom stereocenters. The van der Waals surface area contributed by atoms with Crippen LogP contribution in [0.5, 0.6) is 0 Å². The predicted molar refractivity (Wildman–Crippen MR) is 72.0 cm³/mol. The zero-order valence-electron chi connectivity index (χ0n) is 11.4. The van der Waals surface area contributed by atoms with E-state index >= 15 is 0 Å². The van der Waals surface area contributed by atoms with E-state index in [0.717, 1.165) is 6.42 Å². The number of nitrogens with zero attached hydrogens (tertiary/aromatic N) is 1. The summed E-state index contributed by atoms with van der Waals surface area (Å²) in [6, 6.07) is 2.85. The van der Waals surface area contributed by atoms with Crippen molar-refractivity contribution in [1.29, 1.82) is 0 Å². The molecule has 0 aliphatic rings. The second-order valence-electron chi connectivity index (χ2n) is 4.08. The number of carbonyl (C=O) groups excluding carboxylic acids is 2. The number of amides is 1. The number of pyridine rings is 1. The van der Waals surface area contributed by atoms with Crippen LogP contribution in [-0.2, 0) is 9.53 Å². The van der Waals surface area contributed by atoms with E-state index in [-0.39, 0.29) is 17.6 Å². The van der Waals surface area contributed by atoms with Crippen molar-refractivity contribution in [2.75, 3.05) is 19.0 Å². The monoisotopic (exact) mass is 265 g/mol. The summed E-state index contributed by atoms with van der Waals surface area (Å²) >= 11 is 0. The second-order valence-corrected chi connectivity index (χ2v) is 4.08. The molecule has 1 aromatic heterocycles. The lowest BCUT2D eigenvalue weighted by Crippen LogP contribution is -2.37. The van der Waals surface area contributed by atoms with Crippen molar-refractivity contribution in [1.82, 2.24) is 10.3 Å². The average molecular weight is 265 g/mol. The fourth-order valence-electron chi connectivity index (χ4n) is 1.45. The number of hydrogen-bond acceptors (Lipinski definition) is 5. The number of methoxy groups -OCH3 is 1. The van der Waals surface area contributed by atoms with Crippen LogP contribution < -0.4 is 10.6 Å². The molecule has 19 heavy (non-hydrogen) atoms. The normalized spacial score (nSPS) is 11.5. The molecule has 1 heterocycles. The van der Waals surface area contributed by atoms with E-state index in [9.17, 15) is 9.59 Å². The van der Waals surface area contributed by atoms with Crippen molar-refractivity contribution in [2.45, 2.75) is 26.3 Å². The molecule has 0 aliphatic heterocycles.